The summed E-state index contributed by atoms with van der Waals surface area (Å²) in [7, 11) is 0. The molecule has 0 atom stereocenters. The maximum absolute atomic E-state index is 10.7. The lowest BCUT2D eigenvalue weighted by Gasteiger charge is -1.99. The molecule has 100 valence electrons. The number of oxazole rings is 1. The Kier molecular flexibility index (Phi) is 3.00. The highest BCUT2D eigenvalue weighted by Gasteiger charge is 2.11. The lowest BCUT2D eigenvalue weighted by Crippen LogP contribution is -1.97. The molecule has 0 amide bonds. The van der Waals surface area contributed by atoms with Gasteiger partial charge in [0, 0.05) is 18.0 Å². The summed E-state index contributed by atoms with van der Waals surface area (Å²) >= 11 is 0. The van der Waals surface area contributed by atoms with Gasteiger partial charge in [-0.15, -0.1) is 0 Å². The highest BCUT2D eigenvalue weighted by Crippen LogP contribution is 2.16. The van der Waals surface area contributed by atoms with Crippen molar-refractivity contribution in [2.45, 2.75) is 6.42 Å². The molecular formula is C13H10N4O3. The van der Waals surface area contributed by atoms with Gasteiger partial charge in [-0.25, -0.2) is 9.78 Å². The topological polar surface area (TPSA) is 105 Å². The summed E-state index contributed by atoms with van der Waals surface area (Å²) in [5, 5.41) is 15.4. The highest BCUT2D eigenvalue weighted by molar-refractivity contribution is 5.84. The zero-order chi connectivity index (χ0) is 13.9. The fraction of sp³-hybridized carbons (Fsp3) is 0.0769. The van der Waals surface area contributed by atoms with Crippen LogP contribution in [0.3, 0.4) is 0 Å². The van der Waals surface area contributed by atoms with Crippen molar-refractivity contribution in [1.29, 1.82) is 0 Å². The third-order valence-corrected chi connectivity index (χ3v) is 2.74. The van der Waals surface area contributed by atoms with E-state index in [1.807, 2.05) is 12.1 Å². The van der Waals surface area contributed by atoms with E-state index in [4.69, 9.17) is 9.52 Å². The van der Waals surface area contributed by atoms with Crippen LogP contribution in [0.5, 0.6) is 0 Å². The van der Waals surface area contributed by atoms with Crippen LogP contribution in [0.4, 0.5) is 0 Å². The first-order valence-electron chi connectivity index (χ1n) is 5.84. The average molecular weight is 270 g/mol. The van der Waals surface area contributed by atoms with Crippen molar-refractivity contribution >= 4 is 5.97 Å². The second-order valence-electron chi connectivity index (χ2n) is 4.15. The Morgan fingerprint density at radius 2 is 2.25 bits per heavy atom. The lowest BCUT2D eigenvalue weighted by atomic mass is 10.1. The Bertz CT molecular complexity index is 716. The number of aromatic nitrogens is 4. The number of nitrogens with zero attached hydrogens (tertiary/aromatic N) is 3. The molecule has 7 nitrogen and oxygen atoms in total. The number of H-pyrrole nitrogens is 1. The van der Waals surface area contributed by atoms with Gasteiger partial charge in [-0.05, 0) is 11.6 Å². The van der Waals surface area contributed by atoms with E-state index in [0.29, 0.717) is 12.3 Å². The summed E-state index contributed by atoms with van der Waals surface area (Å²) in [4.78, 5) is 18.9. The van der Waals surface area contributed by atoms with Gasteiger partial charge >= 0.3 is 5.97 Å². The largest absolute Gasteiger partial charge is 0.476 e. The molecule has 3 rings (SSSR count). The highest BCUT2D eigenvalue weighted by atomic mass is 16.4. The monoisotopic (exact) mass is 270 g/mol. The SMILES string of the molecule is O=C(O)c1coc(Cc2ccc(-c3cn[nH]c3)nc2)n1. The summed E-state index contributed by atoms with van der Waals surface area (Å²) in [6, 6.07) is 3.75. The molecule has 3 aromatic heterocycles. The second-order valence-corrected chi connectivity index (χ2v) is 4.15. The molecule has 0 aliphatic carbocycles. The molecule has 0 saturated heterocycles. The molecule has 2 N–H and O–H groups in total. The number of pyridine rings is 1. The molecule has 3 heterocycles. The molecule has 0 aliphatic rings. The number of nitrogens with one attached hydrogen (secondary N) is 1. The molecular weight excluding hydrogens is 260 g/mol. The number of carbonyl (C=O) groups is 1. The molecule has 0 radical (unpaired) electrons. The number of hydrogen-bond donors (Lipinski definition) is 2. The Balaban J connectivity index is 1.76. The minimum Gasteiger partial charge on any atom is -0.476 e. The van der Waals surface area contributed by atoms with E-state index in [1.165, 1.54) is 0 Å². The standard InChI is InChI=1S/C13H10N4O3/c18-13(19)11-7-20-12(17-11)3-8-1-2-10(14-4-8)9-5-15-16-6-9/h1-2,4-7H,3H2,(H,15,16)(H,18,19). The number of carboxylic acid groups (broad SMARTS) is 1. The summed E-state index contributed by atoms with van der Waals surface area (Å²) < 4.78 is 5.10. The molecule has 0 unspecified atom stereocenters. The van der Waals surface area contributed by atoms with E-state index in [2.05, 4.69) is 20.2 Å². The lowest BCUT2D eigenvalue weighted by molar-refractivity contribution is 0.0690. The number of carboxylic acids is 1. The van der Waals surface area contributed by atoms with Crippen molar-refractivity contribution in [2.75, 3.05) is 0 Å². The Labute approximate surface area is 113 Å². The van der Waals surface area contributed by atoms with E-state index in [1.54, 1.807) is 18.6 Å². The van der Waals surface area contributed by atoms with Crippen LogP contribution in [0.25, 0.3) is 11.3 Å². The van der Waals surface area contributed by atoms with Crippen LogP contribution in [-0.2, 0) is 6.42 Å². The van der Waals surface area contributed by atoms with Crippen LogP contribution in [0.15, 0.2) is 41.4 Å². The van der Waals surface area contributed by atoms with Crippen molar-refractivity contribution in [2.24, 2.45) is 0 Å². The summed E-state index contributed by atoms with van der Waals surface area (Å²) in [6.07, 6.45) is 6.67. The second kappa shape index (κ2) is 4.96. The molecule has 0 saturated carbocycles. The Hall–Kier alpha value is -2.96. The number of aromatic amines is 1. The normalized spacial score (nSPS) is 10.6. The van der Waals surface area contributed by atoms with Gasteiger partial charge < -0.3 is 9.52 Å². The minimum absolute atomic E-state index is 0.0945. The molecule has 7 heteroatoms. The predicted molar refractivity (Wildman–Crippen MR) is 68.1 cm³/mol. The van der Waals surface area contributed by atoms with Crippen LogP contribution >= 0.6 is 0 Å². The molecule has 0 bridgehead atoms. The zero-order valence-electron chi connectivity index (χ0n) is 10.3. The predicted octanol–water partition coefficient (Wildman–Crippen LogP) is 1.75. The summed E-state index contributed by atoms with van der Waals surface area (Å²) in [6.45, 7) is 0. The van der Waals surface area contributed by atoms with Crippen LogP contribution in [0.1, 0.15) is 21.9 Å². The molecule has 0 spiro atoms. The van der Waals surface area contributed by atoms with E-state index in [-0.39, 0.29) is 5.69 Å². The van der Waals surface area contributed by atoms with Crippen molar-refractivity contribution < 1.29 is 14.3 Å². The molecule has 0 aromatic carbocycles. The first-order valence-corrected chi connectivity index (χ1v) is 5.84. The van der Waals surface area contributed by atoms with Crippen LogP contribution < -0.4 is 0 Å². The Morgan fingerprint density at radius 1 is 1.35 bits per heavy atom. The maximum Gasteiger partial charge on any atom is 0.357 e. The number of hydrogen-bond acceptors (Lipinski definition) is 5. The van der Waals surface area contributed by atoms with Crippen molar-refractivity contribution in [1.82, 2.24) is 20.2 Å². The minimum atomic E-state index is -1.10. The first kappa shape index (κ1) is 12.1. The number of rotatable bonds is 4. The van der Waals surface area contributed by atoms with Crippen molar-refractivity contribution in [3.05, 3.63) is 54.1 Å². The van der Waals surface area contributed by atoms with Gasteiger partial charge in [0.1, 0.15) is 6.26 Å². The summed E-state index contributed by atoms with van der Waals surface area (Å²) in [5.74, 6) is -0.756. The fourth-order valence-corrected chi connectivity index (χ4v) is 1.76. The van der Waals surface area contributed by atoms with Gasteiger partial charge in [0.25, 0.3) is 0 Å². The van der Waals surface area contributed by atoms with Gasteiger partial charge in [-0.2, -0.15) is 5.10 Å². The quantitative estimate of drug-likeness (QED) is 0.748. The number of aromatic carboxylic acids is 1. The maximum atomic E-state index is 10.7. The van der Waals surface area contributed by atoms with E-state index in [9.17, 15) is 4.79 Å². The summed E-state index contributed by atoms with van der Waals surface area (Å²) in [5.41, 5.74) is 2.50. The van der Waals surface area contributed by atoms with Crippen LogP contribution in [-0.4, -0.2) is 31.2 Å². The van der Waals surface area contributed by atoms with E-state index < -0.39 is 5.97 Å². The molecule has 3 aromatic rings. The van der Waals surface area contributed by atoms with Crippen molar-refractivity contribution in [3.8, 4) is 11.3 Å². The van der Waals surface area contributed by atoms with Gasteiger partial charge in [-0.3, -0.25) is 10.1 Å². The Morgan fingerprint density at radius 3 is 2.85 bits per heavy atom. The van der Waals surface area contributed by atoms with E-state index >= 15 is 0 Å². The van der Waals surface area contributed by atoms with Crippen LogP contribution in [0, 0.1) is 0 Å². The first-order chi connectivity index (χ1) is 9.72. The fourth-order valence-electron chi connectivity index (χ4n) is 1.76. The zero-order valence-corrected chi connectivity index (χ0v) is 10.3. The third-order valence-electron chi connectivity index (χ3n) is 2.74. The van der Waals surface area contributed by atoms with E-state index in [0.717, 1.165) is 23.1 Å². The third kappa shape index (κ3) is 2.41. The van der Waals surface area contributed by atoms with Crippen LogP contribution in [0.2, 0.25) is 0 Å². The smallest absolute Gasteiger partial charge is 0.357 e. The van der Waals surface area contributed by atoms with Gasteiger partial charge in [0.2, 0.25) is 0 Å². The van der Waals surface area contributed by atoms with Gasteiger partial charge in [0.15, 0.2) is 11.6 Å². The molecule has 0 fully saturated rings. The van der Waals surface area contributed by atoms with Gasteiger partial charge in [0.05, 0.1) is 18.3 Å². The molecule has 0 aliphatic heterocycles. The average Bonchev–Trinajstić information content (AvgIpc) is 3.10. The van der Waals surface area contributed by atoms with Crippen molar-refractivity contribution in [3.63, 3.8) is 0 Å². The molecule has 20 heavy (non-hydrogen) atoms. The van der Waals surface area contributed by atoms with Gasteiger partial charge in [-0.1, -0.05) is 6.07 Å².